The summed E-state index contributed by atoms with van der Waals surface area (Å²) in [5, 5.41) is 3.47. The van der Waals surface area contributed by atoms with Crippen molar-refractivity contribution in [3.05, 3.63) is 52.7 Å². The lowest BCUT2D eigenvalue weighted by atomic mass is 9.84. The Labute approximate surface area is 117 Å². The zero-order valence-electron chi connectivity index (χ0n) is 11.2. The van der Waals surface area contributed by atoms with E-state index in [1.54, 1.807) is 12.4 Å². The van der Waals surface area contributed by atoms with E-state index in [0.717, 1.165) is 30.8 Å². The molecule has 1 N–H and O–H groups in total. The third-order valence-electron chi connectivity index (χ3n) is 4.48. The fourth-order valence-electron chi connectivity index (χ4n) is 3.53. The normalized spacial score (nSPS) is 24.2. The second-order valence-electron chi connectivity index (χ2n) is 5.79. The van der Waals surface area contributed by atoms with Gasteiger partial charge in [-0.05, 0) is 37.1 Å². The Morgan fingerprint density at radius 2 is 2.20 bits per heavy atom. The van der Waals surface area contributed by atoms with E-state index < -0.39 is 0 Å². The number of fused-ring (bicyclic) bond motifs is 4. The van der Waals surface area contributed by atoms with E-state index in [0.29, 0.717) is 11.8 Å². The lowest BCUT2D eigenvalue weighted by Gasteiger charge is -2.37. The zero-order chi connectivity index (χ0) is 13.5. The van der Waals surface area contributed by atoms with Crippen LogP contribution in [0.5, 0.6) is 0 Å². The van der Waals surface area contributed by atoms with Crippen LogP contribution in [0.4, 0.5) is 0 Å². The highest BCUT2D eigenvalue weighted by Gasteiger charge is 2.31. The van der Waals surface area contributed by atoms with Crippen molar-refractivity contribution in [3.63, 3.8) is 0 Å². The van der Waals surface area contributed by atoms with Crippen LogP contribution in [-0.4, -0.2) is 22.6 Å². The SMILES string of the molecule is O=c1c(-c2cccnc2)ccc2n1CC1CNC[C@@H]2C1. The molecule has 4 rings (SSSR count). The number of nitrogens with zero attached hydrogens (tertiary/aromatic N) is 2. The summed E-state index contributed by atoms with van der Waals surface area (Å²) in [6, 6.07) is 7.90. The van der Waals surface area contributed by atoms with Crippen molar-refractivity contribution in [3.8, 4) is 11.1 Å². The Morgan fingerprint density at radius 1 is 1.25 bits per heavy atom. The Hall–Kier alpha value is -1.94. The van der Waals surface area contributed by atoms with Gasteiger partial charge in [-0.2, -0.15) is 0 Å². The molecule has 0 amide bonds. The number of hydrogen-bond donors (Lipinski definition) is 1. The first kappa shape index (κ1) is 11.9. The summed E-state index contributed by atoms with van der Waals surface area (Å²) in [6.45, 7) is 2.85. The van der Waals surface area contributed by atoms with Crippen LogP contribution in [0.25, 0.3) is 11.1 Å². The molecular weight excluding hydrogens is 250 g/mol. The van der Waals surface area contributed by atoms with Crippen molar-refractivity contribution in [1.82, 2.24) is 14.9 Å². The van der Waals surface area contributed by atoms with Gasteiger partial charge in [0.25, 0.3) is 5.56 Å². The van der Waals surface area contributed by atoms with Crippen LogP contribution >= 0.6 is 0 Å². The van der Waals surface area contributed by atoms with Gasteiger partial charge in [0.2, 0.25) is 0 Å². The van der Waals surface area contributed by atoms with Gasteiger partial charge in [-0.3, -0.25) is 9.78 Å². The molecule has 2 aliphatic rings. The van der Waals surface area contributed by atoms with Gasteiger partial charge in [-0.15, -0.1) is 0 Å². The third-order valence-corrected chi connectivity index (χ3v) is 4.48. The minimum atomic E-state index is 0.132. The van der Waals surface area contributed by atoms with Crippen molar-refractivity contribution in [1.29, 1.82) is 0 Å². The number of hydrogen-bond acceptors (Lipinski definition) is 3. The molecule has 2 atom stereocenters. The predicted molar refractivity (Wildman–Crippen MR) is 77.7 cm³/mol. The van der Waals surface area contributed by atoms with E-state index in [9.17, 15) is 4.79 Å². The van der Waals surface area contributed by atoms with Crippen LogP contribution in [0.15, 0.2) is 41.5 Å². The van der Waals surface area contributed by atoms with Gasteiger partial charge in [0.1, 0.15) is 0 Å². The maximum atomic E-state index is 12.8. The summed E-state index contributed by atoms with van der Waals surface area (Å²) in [6.07, 6.45) is 4.70. The highest BCUT2D eigenvalue weighted by Crippen LogP contribution is 2.32. The lowest BCUT2D eigenvalue weighted by molar-refractivity contribution is 0.257. The number of rotatable bonds is 1. The average molecular weight is 267 g/mol. The minimum absolute atomic E-state index is 0.132. The number of pyridine rings is 2. The summed E-state index contributed by atoms with van der Waals surface area (Å²) in [5.41, 5.74) is 2.98. The summed E-state index contributed by atoms with van der Waals surface area (Å²) in [5.74, 6) is 1.07. The number of piperidine rings is 1. The van der Waals surface area contributed by atoms with Crippen LogP contribution in [-0.2, 0) is 6.54 Å². The molecule has 102 valence electrons. The van der Waals surface area contributed by atoms with E-state index in [1.165, 1.54) is 12.1 Å². The van der Waals surface area contributed by atoms with Crippen molar-refractivity contribution >= 4 is 0 Å². The summed E-state index contributed by atoms with van der Waals surface area (Å²) >= 11 is 0. The number of aromatic nitrogens is 2. The quantitative estimate of drug-likeness (QED) is 0.854. The molecule has 4 heterocycles. The molecule has 0 radical (unpaired) electrons. The first-order chi connectivity index (χ1) is 9.83. The van der Waals surface area contributed by atoms with Crippen LogP contribution in [0, 0.1) is 5.92 Å². The molecule has 2 aliphatic heterocycles. The Kier molecular flexibility index (Phi) is 2.70. The molecule has 1 unspecified atom stereocenters. The van der Waals surface area contributed by atoms with Crippen LogP contribution < -0.4 is 10.9 Å². The van der Waals surface area contributed by atoms with E-state index in [4.69, 9.17) is 0 Å². The van der Waals surface area contributed by atoms with Crippen LogP contribution in [0.3, 0.4) is 0 Å². The summed E-state index contributed by atoms with van der Waals surface area (Å²) < 4.78 is 1.99. The van der Waals surface area contributed by atoms with E-state index in [1.807, 2.05) is 22.8 Å². The van der Waals surface area contributed by atoms with Gasteiger partial charge in [-0.25, -0.2) is 0 Å². The first-order valence-electron chi connectivity index (χ1n) is 7.18. The van der Waals surface area contributed by atoms with Crippen molar-refractivity contribution < 1.29 is 0 Å². The Balaban J connectivity index is 1.86. The largest absolute Gasteiger partial charge is 0.316 e. The molecule has 0 aromatic carbocycles. The molecule has 1 fully saturated rings. The topological polar surface area (TPSA) is 46.9 Å². The molecule has 1 saturated heterocycles. The van der Waals surface area contributed by atoms with Gasteiger partial charge in [0, 0.05) is 48.2 Å². The van der Waals surface area contributed by atoms with Crippen molar-refractivity contribution in [2.75, 3.05) is 13.1 Å². The Morgan fingerprint density at radius 3 is 3.05 bits per heavy atom. The molecule has 2 aromatic heterocycles. The van der Waals surface area contributed by atoms with Crippen molar-refractivity contribution in [2.45, 2.75) is 18.9 Å². The van der Waals surface area contributed by atoms with Gasteiger partial charge in [0.05, 0.1) is 0 Å². The average Bonchev–Trinajstić information content (AvgIpc) is 2.50. The predicted octanol–water partition coefficient (Wildman–Crippen LogP) is 1.62. The van der Waals surface area contributed by atoms with Gasteiger partial charge >= 0.3 is 0 Å². The summed E-state index contributed by atoms with van der Waals surface area (Å²) in [7, 11) is 0. The van der Waals surface area contributed by atoms with Crippen LogP contribution in [0.2, 0.25) is 0 Å². The van der Waals surface area contributed by atoms with E-state index in [-0.39, 0.29) is 5.56 Å². The molecule has 0 aliphatic carbocycles. The molecule has 20 heavy (non-hydrogen) atoms. The van der Waals surface area contributed by atoms with E-state index >= 15 is 0 Å². The standard InChI is InChI=1S/C16H17N3O/c20-16-14(12-2-1-5-17-8-12)3-4-15-13-6-11(7-18-9-13)10-19(15)16/h1-5,8,11,13,18H,6-7,9-10H2/t11?,13-/m0/s1. The molecule has 2 bridgehead atoms. The van der Waals surface area contributed by atoms with Crippen molar-refractivity contribution in [2.24, 2.45) is 5.92 Å². The first-order valence-corrected chi connectivity index (χ1v) is 7.18. The molecule has 0 spiro atoms. The molecule has 0 saturated carbocycles. The molecule has 4 heteroatoms. The minimum Gasteiger partial charge on any atom is -0.316 e. The monoisotopic (exact) mass is 267 g/mol. The maximum Gasteiger partial charge on any atom is 0.258 e. The van der Waals surface area contributed by atoms with Gasteiger partial charge in [0.15, 0.2) is 0 Å². The molecule has 2 aromatic rings. The molecular formula is C16H17N3O. The summed E-state index contributed by atoms with van der Waals surface area (Å²) in [4.78, 5) is 16.9. The molecule has 4 nitrogen and oxygen atoms in total. The third kappa shape index (κ3) is 1.79. The highest BCUT2D eigenvalue weighted by molar-refractivity contribution is 5.61. The highest BCUT2D eigenvalue weighted by atomic mass is 16.1. The second kappa shape index (κ2) is 4.56. The fraction of sp³-hybridized carbons (Fsp3) is 0.375. The Bertz CT molecular complexity index is 693. The van der Waals surface area contributed by atoms with E-state index in [2.05, 4.69) is 16.4 Å². The smallest absolute Gasteiger partial charge is 0.258 e. The maximum absolute atomic E-state index is 12.8. The van der Waals surface area contributed by atoms with Crippen LogP contribution in [0.1, 0.15) is 18.0 Å². The van der Waals surface area contributed by atoms with Gasteiger partial charge in [-0.1, -0.05) is 6.07 Å². The van der Waals surface area contributed by atoms with Gasteiger partial charge < -0.3 is 9.88 Å². The second-order valence-corrected chi connectivity index (χ2v) is 5.79. The lowest BCUT2D eigenvalue weighted by Crippen LogP contribution is -2.45. The zero-order valence-corrected chi connectivity index (χ0v) is 11.2. The fourth-order valence-corrected chi connectivity index (χ4v) is 3.53. The number of nitrogens with one attached hydrogen (secondary N) is 1.